The van der Waals surface area contributed by atoms with E-state index in [2.05, 4.69) is 25.9 Å². The predicted molar refractivity (Wildman–Crippen MR) is 126 cm³/mol. The number of nitrogens with zero attached hydrogens (tertiary/aromatic N) is 2. The Morgan fingerprint density at radius 3 is 2.48 bits per heavy atom. The van der Waals surface area contributed by atoms with E-state index in [9.17, 15) is 4.79 Å². The number of hydrogen-bond acceptors (Lipinski definition) is 5. The molecule has 0 radical (unpaired) electrons. The molecule has 2 aromatic rings. The van der Waals surface area contributed by atoms with E-state index in [4.69, 9.17) is 11.6 Å². The monoisotopic (exact) mass is 539 g/mol. The summed E-state index contributed by atoms with van der Waals surface area (Å²) in [6.45, 7) is 3.71. The number of nitrogens with one attached hydrogen (secondary N) is 3. The highest BCUT2D eigenvalue weighted by Crippen LogP contribution is 2.19. The first-order chi connectivity index (χ1) is 12.6. The van der Waals surface area contributed by atoms with E-state index >= 15 is 0 Å². The van der Waals surface area contributed by atoms with Crippen molar-refractivity contribution in [2.75, 3.05) is 32.4 Å². The van der Waals surface area contributed by atoms with Gasteiger partial charge in [0.25, 0.3) is 5.91 Å². The molecule has 1 aromatic heterocycles. The smallest absolute Gasteiger partial charge is 0.263 e. The fourth-order valence-corrected chi connectivity index (χ4v) is 3.66. The summed E-state index contributed by atoms with van der Waals surface area (Å²) in [4.78, 5) is 22.1. The second-order valence-corrected chi connectivity index (χ2v) is 7.71. The number of guanidine groups is 1. The van der Waals surface area contributed by atoms with Crippen molar-refractivity contribution >= 4 is 70.5 Å². The van der Waals surface area contributed by atoms with Gasteiger partial charge in [-0.05, 0) is 31.2 Å². The number of aryl methyl sites for hydroxylation is 1. The minimum absolute atomic E-state index is 0. The van der Waals surface area contributed by atoms with Crippen molar-refractivity contribution in [3.05, 3.63) is 45.4 Å². The predicted octanol–water partition coefficient (Wildman–Crippen LogP) is 3.41. The van der Waals surface area contributed by atoms with Crippen LogP contribution < -0.4 is 16.0 Å². The number of thioether (sulfide) groups is 1. The summed E-state index contributed by atoms with van der Waals surface area (Å²) in [5, 5.41) is 10.0. The summed E-state index contributed by atoms with van der Waals surface area (Å²) in [6.07, 6.45) is 0. The lowest BCUT2D eigenvalue weighted by Crippen LogP contribution is -2.42. The third-order valence-electron chi connectivity index (χ3n) is 3.36. The van der Waals surface area contributed by atoms with Crippen molar-refractivity contribution in [2.24, 2.45) is 4.99 Å². The van der Waals surface area contributed by atoms with Gasteiger partial charge in [0.2, 0.25) is 0 Å². The molecule has 0 saturated heterocycles. The summed E-state index contributed by atoms with van der Waals surface area (Å²) < 4.78 is 0. The zero-order valence-corrected chi connectivity index (χ0v) is 19.8. The maximum Gasteiger partial charge on any atom is 0.263 e. The van der Waals surface area contributed by atoms with Crippen LogP contribution in [0.25, 0.3) is 0 Å². The number of benzene rings is 1. The van der Waals surface area contributed by atoms with Crippen molar-refractivity contribution in [3.8, 4) is 0 Å². The Morgan fingerprint density at radius 1 is 1.19 bits per heavy atom. The Labute approximate surface area is 190 Å². The molecule has 10 heteroatoms. The average molecular weight is 540 g/mol. The van der Waals surface area contributed by atoms with E-state index in [0.29, 0.717) is 23.9 Å². The second kappa shape index (κ2) is 13.2. The zero-order chi connectivity index (χ0) is 18.8. The van der Waals surface area contributed by atoms with E-state index in [-0.39, 0.29) is 29.9 Å². The van der Waals surface area contributed by atoms with Crippen LogP contribution in [0.15, 0.2) is 39.7 Å². The number of amides is 1. The highest BCUT2D eigenvalue weighted by Gasteiger charge is 2.10. The van der Waals surface area contributed by atoms with Crippen LogP contribution >= 0.6 is 58.7 Å². The molecule has 0 saturated carbocycles. The van der Waals surface area contributed by atoms with Crippen LogP contribution in [0.3, 0.4) is 0 Å². The van der Waals surface area contributed by atoms with E-state index < -0.39 is 0 Å². The highest BCUT2D eigenvalue weighted by atomic mass is 127. The SMILES string of the molecule is CN=C(NCCNC(=O)c1scnc1C)NCCSc1ccc(Cl)cc1.I. The van der Waals surface area contributed by atoms with Gasteiger partial charge in [-0.3, -0.25) is 9.79 Å². The Hall–Kier alpha value is -1.04. The van der Waals surface area contributed by atoms with Crippen LogP contribution in [0.4, 0.5) is 0 Å². The minimum atomic E-state index is -0.0888. The summed E-state index contributed by atoms with van der Waals surface area (Å²) in [5.74, 6) is 1.53. The molecular formula is C17H23ClIN5OS2. The minimum Gasteiger partial charge on any atom is -0.356 e. The molecule has 6 nitrogen and oxygen atoms in total. The topological polar surface area (TPSA) is 78.4 Å². The maximum atomic E-state index is 12.0. The molecule has 27 heavy (non-hydrogen) atoms. The van der Waals surface area contributed by atoms with E-state index in [1.807, 2.05) is 31.2 Å². The largest absolute Gasteiger partial charge is 0.356 e. The lowest BCUT2D eigenvalue weighted by Gasteiger charge is -2.12. The van der Waals surface area contributed by atoms with Crippen LogP contribution in [0.2, 0.25) is 5.02 Å². The Balaban J connectivity index is 0.00000364. The number of halogens is 2. The van der Waals surface area contributed by atoms with Gasteiger partial charge in [-0.25, -0.2) is 4.98 Å². The van der Waals surface area contributed by atoms with Crippen LogP contribution in [0.5, 0.6) is 0 Å². The zero-order valence-electron chi connectivity index (χ0n) is 15.1. The van der Waals surface area contributed by atoms with E-state index in [1.54, 1.807) is 24.3 Å². The second-order valence-electron chi connectivity index (χ2n) is 5.25. The number of carbonyl (C=O) groups is 1. The van der Waals surface area contributed by atoms with E-state index in [1.165, 1.54) is 16.2 Å². The molecule has 0 aliphatic heterocycles. The highest BCUT2D eigenvalue weighted by molar-refractivity contribution is 14.0. The van der Waals surface area contributed by atoms with Crippen LogP contribution in [0, 0.1) is 6.92 Å². The molecule has 0 aliphatic rings. The Bertz CT molecular complexity index is 739. The number of aliphatic imine (C=N–C) groups is 1. The van der Waals surface area contributed by atoms with Gasteiger partial charge in [0.05, 0.1) is 11.2 Å². The average Bonchev–Trinajstić information content (AvgIpc) is 3.07. The summed E-state index contributed by atoms with van der Waals surface area (Å²) in [6, 6.07) is 7.79. The Kier molecular flexibility index (Phi) is 11.7. The van der Waals surface area contributed by atoms with Crippen LogP contribution in [-0.2, 0) is 0 Å². The number of aromatic nitrogens is 1. The van der Waals surface area contributed by atoms with Crippen molar-refractivity contribution < 1.29 is 4.79 Å². The molecule has 0 aliphatic carbocycles. The number of rotatable bonds is 8. The molecule has 1 aromatic carbocycles. The first-order valence-corrected chi connectivity index (χ1v) is 10.4. The lowest BCUT2D eigenvalue weighted by molar-refractivity contribution is 0.0957. The normalized spacial score (nSPS) is 10.9. The van der Waals surface area contributed by atoms with Gasteiger partial charge in [-0.1, -0.05) is 11.6 Å². The molecule has 148 valence electrons. The molecule has 3 N–H and O–H groups in total. The van der Waals surface area contributed by atoms with Crippen LogP contribution in [0.1, 0.15) is 15.4 Å². The third kappa shape index (κ3) is 8.67. The number of thiazole rings is 1. The number of carbonyl (C=O) groups excluding carboxylic acids is 1. The standard InChI is InChI=1S/C17H22ClN5OS2.HI/c1-12-15(26-11-23-12)16(24)20-7-8-21-17(19-2)22-9-10-25-14-5-3-13(18)4-6-14;/h3-6,11H,7-10H2,1-2H3,(H,20,24)(H2,19,21,22);1H. The fourth-order valence-electron chi connectivity index (χ4n) is 2.05. The van der Waals surface area contributed by atoms with Gasteiger partial charge in [-0.15, -0.1) is 47.1 Å². The quantitative estimate of drug-likeness (QED) is 0.158. The van der Waals surface area contributed by atoms with Crippen LogP contribution in [-0.4, -0.2) is 49.3 Å². The third-order valence-corrected chi connectivity index (χ3v) is 5.55. The molecule has 1 heterocycles. The summed E-state index contributed by atoms with van der Waals surface area (Å²) >= 11 is 8.97. The fraction of sp³-hybridized carbons (Fsp3) is 0.353. The molecule has 0 unspecified atom stereocenters. The van der Waals surface area contributed by atoms with Gasteiger partial charge >= 0.3 is 0 Å². The molecule has 0 bridgehead atoms. The maximum absolute atomic E-state index is 12.0. The van der Waals surface area contributed by atoms with Crippen molar-refractivity contribution in [1.82, 2.24) is 20.9 Å². The number of hydrogen-bond donors (Lipinski definition) is 3. The van der Waals surface area contributed by atoms with E-state index in [0.717, 1.165) is 23.0 Å². The molecule has 2 rings (SSSR count). The van der Waals surface area contributed by atoms with Gasteiger partial charge in [0, 0.05) is 42.4 Å². The first kappa shape index (κ1) is 24.0. The lowest BCUT2D eigenvalue weighted by atomic mass is 10.4. The molecule has 0 spiro atoms. The van der Waals surface area contributed by atoms with Crippen molar-refractivity contribution in [1.29, 1.82) is 0 Å². The molecule has 1 amide bonds. The van der Waals surface area contributed by atoms with Crippen molar-refractivity contribution in [2.45, 2.75) is 11.8 Å². The molecule has 0 fully saturated rings. The van der Waals surface area contributed by atoms with Crippen molar-refractivity contribution in [3.63, 3.8) is 0 Å². The van der Waals surface area contributed by atoms with Gasteiger partial charge in [-0.2, -0.15) is 0 Å². The first-order valence-electron chi connectivity index (χ1n) is 8.11. The summed E-state index contributed by atoms with van der Waals surface area (Å²) in [5.41, 5.74) is 2.44. The summed E-state index contributed by atoms with van der Waals surface area (Å²) in [7, 11) is 1.72. The van der Waals surface area contributed by atoms with Gasteiger partial charge in [0.1, 0.15) is 4.88 Å². The van der Waals surface area contributed by atoms with Gasteiger partial charge in [0.15, 0.2) is 5.96 Å². The molecule has 0 atom stereocenters. The Morgan fingerprint density at radius 2 is 1.85 bits per heavy atom. The molecular weight excluding hydrogens is 517 g/mol. The van der Waals surface area contributed by atoms with Gasteiger partial charge < -0.3 is 16.0 Å².